The molecule has 0 heterocycles. The summed E-state index contributed by atoms with van der Waals surface area (Å²) in [6.45, 7) is 2.00. The highest BCUT2D eigenvalue weighted by Gasteiger charge is 1.97. The van der Waals surface area contributed by atoms with E-state index in [9.17, 15) is 0 Å². The SMILES string of the molecule is CC(Cl)Cc1ccc(Br)cc1. The fraction of sp³-hybridized carbons (Fsp3) is 0.333. The zero-order valence-corrected chi connectivity index (χ0v) is 8.69. The first kappa shape index (κ1) is 9.08. The van der Waals surface area contributed by atoms with Gasteiger partial charge in [-0.2, -0.15) is 0 Å². The van der Waals surface area contributed by atoms with E-state index in [1.165, 1.54) is 5.56 Å². The molecule has 1 atom stereocenters. The topological polar surface area (TPSA) is 0 Å². The summed E-state index contributed by atoms with van der Waals surface area (Å²) < 4.78 is 1.11. The Morgan fingerprint density at radius 3 is 2.36 bits per heavy atom. The van der Waals surface area contributed by atoms with Crippen molar-refractivity contribution in [2.45, 2.75) is 18.7 Å². The van der Waals surface area contributed by atoms with Gasteiger partial charge in [-0.3, -0.25) is 0 Å². The fourth-order valence-electron chi connectivity index (χ4n) is 0.945. The normalized spacial score (nSPS) is 13.0. The van der Waals surface area contributed by atoms with Gasteiger partial charge in [-0.05, 0) is 31.0 Å². The van der Waals surface area contributed by atoms with Gasteiger partial charge in [0.2, 0.25) is 0 Å². The third-order valence-electron chi connectivity index (χ3n) is 1.43. The minimum Gasteiger partial charge on any atom is -0.123 e. The number of rotatable bonds is 2. The summed E-state index contributed by atoms with van der Waals surface area (Å²) in [5.74, 6) is 0. The number of alkyl halides is 1. The molecule has 0 saturated heterocycles. The third-order valence-corrected chi connectivity index (χ3v) is 2.11. The first-order chi connectivity index (χ1) is 5.18. The molecule has 0 fully saturated rings. The molecule has 0 saturated carbocycles. The van der Waals surface area contributed by atoms with E-state index >= 15 is 0 Å². The molecule has 0 aliphatic rings. The number of benzene rings is 1. The van der Waals surface area contributed by atoms with Crippen molar-refractivity contribution in [3.05, 3.63) is 34.3 Å². The number of hydrogen-bond acceptors (Lipinski definition) is 0. The first-order valence-corrected chi connectivity index (χ1v) is 4.80. The molecule has 0 aliphatic carbocycles. The van der Waals surface area contributed by atoms with Crippen LogP contribution in [0.25, 0.3) is 0 Å². The molecule has 0 aliphatic heterocycles. The maximum absolute atomic E-state index is 5.84. The second kappa shape index (κ2) is 4.13. The lowest BCUT2D eigenvalue weighted by atomic mass is 10.1. The second-order valence-corrected chi connectivity index (χ2v) is 4.27. The van der Waals surface area contributed by atoms with Crippen molar-refractivity contribution < 1.29 is 0 Å². The first-order valence-electron chi connectivity index (χ1n) is 3.57. The van der Waals surface area contributed by atoms with Crippen LogP contribution in [0.2, 0.25) is 0 Å². The Bertz CT molecular complexity index is 216. The van der Waals surface area contributed by atoms with Gasteiger partial charge >= 0.3 is 0 Å². The van der Waals surface area contributed by atoms with Crippen LogP contribution in [0.15, 0.2) is 28.7 Å². The predicted octanol–water partition coefficient (Wildman–Crippen LogP) is 3.62. The van der Waals surface area contributed by atoms with Gasteiger partial charge in [0.1, 0.15) is 0 Å². The van der Waals surface area contributed by atoms with E-state index in [2.05, 4.69) is 28.1 Å². The molecule has 0 aromatic heterocycles. The number of halogens is 2. The van der Waals surface area contributed by atoms with E-state index in [0.717, 1.165) is 10.9 Å². The molecule has 0 radical (unpaired) electrons. The van der Waals surface area contributed by atoms with Crippen LogP contribution in [-0.2, 0) is 6.42 Å². The van der Waals surface area contributed by atoms with Gasteiger partial charge < -0.3 is 0 Å². The van der Waals surface area contributed by atoms with Crippen molar-refractivity contribution in [1.82, 2.24) is 0 Å². The molecule has 2 heteroatoms. The van der Waals surface area contributed by atoms with Crippen molar-refractivity contribution in [3.8, 4) is 0 Å². The van der Waals surface area contributed by atoms with Crippen LogP contribution in [0.3, 0.4) is 0 Å². The van der Waals surface area contributed by atoms with E-state index < -0.39 is 0 Å². The summed E-state index contributed by atoms with van der Waals surface area (Å²) >= 11 is 9.22. The van der Waals surface area contributed by atoms with E-state index in [-0.39, 0.29) is 5.38 Å². The lowest BCUT2D eigenvalue weighted by molar-refractivity contribution is 0.931. The summed E-state index contributed by atoms with van der Waals surface area (Å²) in [5.41, 5.74) is 1.29. The Morgan fingerprint density at radius 1 is 1.36 bits per heavy atom. The molecule has 60 valence electrons. The molecule has 11 heavy (non-hydrogen) atoms. The summed E-state index contributed by atoms with van der Waals surface area (Å²) in [6, 6.07) is 8.25. The second-order valence-electron chi connectivity index (χ2n) is 2.61. The molecule has 0 amide bonds. The van der Waals surface area contributed by atoms with E-state index in [0.29, 0.717) is 0 Å². The predicted molar refractivity (Wildman–Crippen MR) is 53.2 cm³/mol. The minimum atomic E-state index is 0.219. The molecule has 0 N–H and O–H groups in total. The lowest BCUT2D eigenvalue weighted by Crippen LogP contribution is -1.95. The Balaban J connectivity index is 2.66. The van der Waals surface area contributed by atoms with Crippen molar-refractivity contribution in [2.24, 2.45) is 0 Å². The van der Waals surface area contributed by atoms with Gasteiger partial charge in [-0.25, -0.2) is 0 Å². The number of hydrogen-bond donors (Lipinski definition) is 0. The summed E-state index contributed by atoms with van der Waals surface area (Å²) in [6.07, 6.45) is 0.939. The molecule has 1 unspecified atom stereocenters. The summed E-state index contributed by atoms with van der Waals surface area (Å²) in [7, 11) is 0. The quantitative estimate of drug-likeness (QED) is 0.685. The highest BCUT2D eigenvalue weighted by atomic mass is 79.9. The average Bonchev–Trinajstić information content (AvgIpc) is 1.93. The van der Waals surface area contributed by atoms with Crippen LogP contribution < -0.4 is 0 Å². The van der Waals surface area contributed by atoms with E-state index in [4.69, 9.17) is 11.6 Å². The lowest BCUT2D eigenvalue weighted by Gasteiger charge is -2.01. The maximum atomic E-state index is 5.84. The van der Waals surface area contributed by atoms with E-state index in [1.807, 2.05) is 19.1 Å². The Labute approximate surface area is 80.7 Å². The van der Waals surface area contributed by atoms with Crippen LogP contribution in [0.4, 0.5) is 0 Å². The minimum absolute atomic E-state index is 0.219. The van der Waals surface area contributed by atoms with Crippen molar-refractivity contribution in [3.63, 3.8) is 0 Å². The largest absolute Gasteiger partial charge is 0.123 e. The molecular formula is C9H10BrCl. The van der Waals surface area contributed by atoms with Gasteiger partial charge in [-0.15, -0.1) is 11.6 Å². The van der Waals surface area contributed by atoms with Crippen LogP contribution in [0.5, 0.6) is 0 Å². The highest BCUT2D eigenvalue weighted by molar-refractivity contribution is 9.10. The van der Waals surface area contributed by atoms with Gasteiger partial charge in [0.25, 0.3) is 0 Å². The van der Waals surface area contributed by atoms with E-state index in [1.54, 1.807) is 0 Å². The van der Waals surface area contributed by atoms with Crippen LogP contribution >= 0.6 is 27.5 Å². The maximum Gasteiger partial charge on any atom is 0.0348 e. The Kier molecular flexibility index (Phi) is 3.41. The summed E-state index contributed by atoms with van der Waals surface area (Å²) in [4.78, 5) is 0. The van der Waals surface area contributed by atoms with Crippen molar-refractivity contribution in [1.29, 1.82) is 0 Å². The van der Waals surface area contributed by atoms with Crippen molar-refractivity contribution in [2.75, 3.05) is 0 Å². The Hall–Kier alpha value is -0.0100. The highest BCUT2D eigenvalue weighted by Crippen LogP contribution is 2.13. The zero-order valence-electron chi connectivity index (χ0n) is 6.35. The molecule has 1 aromatic carbocycles. The third kappa shape index (κ3) is 3.26. The molecule has 0 bridgehead atoms. The molecule has 0 spiro atoms. The van der Waals surface area contributed by atoms with Crippen molar-refractivity contribution >= 4 is 27.5 Å². The van der Waals surface area contributed by atoms with Crippen LogP contribution in [0.1, 0.15) is 12.5 Å². The zero-order chi connectivity index (χ0) is 8.27. The van der Waals surface area contributed by atoms with Gasteiger partial charge in [-0.1, -0.05) is 28.1 Å². The molecule has 1 aromatic rings. The smallest absolute Gasteiger partial charge is 0.0348 e. The average molecular weight is 234 g/mol. The Morgan fingerprint density at radius 2 is 1.91 bits per heavy atom. The van der Waals surface area contributed by atoms with Gasteiger partial charge in [0, 0.05) is 9.85 Å². The molecule has 1 rings (SSSR count). The monoisotopic (exact) mass is 232 g/mol. The van der Waals surface area contributed by atoms with Gasteiger partial charge in [0.05, 0.1) is 0 Å². The van der Waals surface area contributed by atoms with Gasteiger partial charge in [0.15, 0.2) is 0 Å². The van der Waals surface area contributed by atoms with Crippen LogP contribution in [0, 0.1) is 0 Å². The van der Waals surface area contributed by atoms with Crippen LogP contribution in [-0.4, -0.2) is 5.38 Å². The summed E-state index contributed by atoms with van der Waals surface area (Å²) in [5, 5.41) is 0.219. The molecular weight excluding hydrogens is 223 g/mol. The fourth-order valence-corrected chi connectivity index (χ4v) is 1.39. The standard InChI is InChI=1S/C9H10BrCl/c1-7(11)6-8-2-4-9(10)5-3-8/h2-5,7H,6H2,1H3. The molecule has 0 nitrogen and oxygen atoms in total.